The van der Waals surface area contributed by atoms with Crippen LogP contribution >= 0.6 is 24.0 Å². The number of sulfone groups is 1. The fourth-order valence-electron chi connectivity index (χ4n) is 2.44. The van der Waals surface area contributed by atoms with E-state index in [2.05, 4.69) is 34.7 Å². The summed E-state index contributed by atoms with van der Waals surface area (Å²) < 4.78 is 22.9. The first kappa shape index (κ1) is 22.4. The SMILES string of the molecule is CN=C(NCCc1ccc(S(C)(=O)=O)cc1)NCc1ccccc1C.I. The Labute approximate surface area is 173 Å². The first-order valence-electron chi connectivity index (χ1n) is 8.18. The molecule has 0 aliphatic rings. The lowest BCUT2D eigenvalue weighted by atomic mass is 10.1. The first-order chi connectivity index (χ1) is 11.9. The number of hydrogen-bond acceptors (Lipinski definition) is 3. The number of rotatable bonds is 6. The molecule has 0 amide bonds. The van der Waals surface area contributed by atoms with Crippen molar-refractivity contribution in [2.24, 2.45) is 4.99 Å². The number of halogens is 1. The van der Waals surface area contributed by atoms with Crippen molar-refractivity contribution >= 4 is 39.8 Å². The smallest absolute Gasteiger partial charge is 0.191 e. The third kappa shape index (κ3) is 6.95. The molecule has 26 heavy (non-hydrogen) atoms. The first-order valence-corrected chi connectivity index (χ1v) is 10.1. The van der Waals surface area contributed by atoms with Gasteiger partial charge in [-0.25, -0.2) is 8.42 Å². The molecule has 2 rings (SSSR count). The second-order valence-electron chi connectivity index (χ2n) is 5.95. The lowest BCUT2D eigenvalue weighted by molar-refractivity contribution is 0.602. The molecule has 0 aromatic heterocycles. The van der Waals surface area contributed by atoms with Crippen molar-refractivity contribution < 1.29 is 8.42 Å². The van der Waals surface area contributed by atoms with E-state index in [9.17, 15) is 8.42 Å². The monoisotopic (exact) mass is 487 g/mol. The van der Waals surface area contributed by atoms with Gasteiger partial charge in [-0.05, 0) is 42.2 Å². The molecule has 0 saturated carbocycles. The molecule has 7 heteroatoms. The lowest BCUT2D eigenvalue weighted by Crippen LogP contribution is -2.38. The van der Waals surface area contributed by atoms with Gasteiger partial charge in [-0.3, -0.25) is 4.99 Å². The van der Waals surface area contributed by atoms with E-state index in [0.717, 1.165) is 24.5 Å². The highest BCUT2D eigenvalue weighted by molar-refractivity contribution is 14.0. The molecule has 0 aliphatic carbocycles. The quantitative estimate of drug-likeness (QED) is 0.374. The topological polar surface area (TPSA) is 70.6 Å². The van der Waals surface area contributed by atoms with Gasteiger partial charge >= 0.3 is 0 Å². The van der Waals surface area contributed by atoms with Crippen molar-refractivity contribution in [1.29, 1.82) is 0 Å². The minimum Gasteiger partial charge on any atom is -0.356 e. The zero-order valence-electron chi connectivity index (χ0n) is 15.3. The predicted octanol–water partition coefficient (Wildman–Crippen LogP) is 2.92. The maximum Gasteiger partial charge on any atom is 0.191 e. The number of nitrogens with one attached hydrogen (secondary N) is 2. The van der Waals surface area contributed by atoms with Crippen LogP contribution < -0.4 is 10.6 Å². The lowest BCUT2D eigenvalue weighted by Gasteiger charge is -2.13. The summed E-state index contributed by atoms with van der Waals surface area (Å²) in [4.78, 5) is 4.57. The maximum absolute atomic E-state index is 11.5. The molecule has 0 saturated heterocycles. The van der Waals surface area contributed by atoms with Crippen LogP contribution in [0.2, 0.25) is 0 Å². The Kier molecular flexibility index (Phi) is 9.07. The molecule has 2 aromatic carbocycles. The van der Waals surface area contributed by atoms with Gasteiger partial charge in [0.25, 0.3) is 0 Å². The zero-order chi connectivity index (χ0) is 18.3. The van der Waals surface area contributed by atoms with E-state index >= 15 is 0 Å². The molecule has 0 aliphatic heterocycles. The Balaban J connectivity index is 0.00000338. The largest absolute Gasteiger partial charge is 0.356 e. The average molecular weight is 487 g/mol. The third-order valence-electron chi connectivity index (χ3n) is 3.99. The molecule has 142 valence electrons. The maximum atomic E-state index is 11.5. The van der Waals surface area contributed by atoms with E-state index in [-0.39, 0.29) is 24.0 Å². The molecule has 0 radical (unpaired) electrons. The van der Waals surface area contributed by atoms with Crippen LogP contribution in [-0.4, -0.2) is 34.2 Å². The highest BCUT2D eigenvalue weighted by atomic mass is 127. The summed E-state index contributed by atoms with van der Waals surface area (Å²) in [5, 5.41) is 6.57. The summed E-state index contributed by atoms with van der Waals surface area (Å²) in [5.74, 6) is 0.746. The van der Waals surface area contributed by atoms with E-state index in [4.69, 9.17) is 0 Å². The van der Waals surface area contributed by atoms with Gasteiger partial charge in [0, 0.05) is 26.4 Å². The Morgan fingerprint density at radius 2 is 1.69 bits per heavy atom. The Morgan fingerprint density at radius 3 is 2.27 bits per heavy atom. The summed E-state index contributed by atoms with van der Waals surface area (Å²) >= 11 is 0. The average Bonchev–Trinajstić information content (AvgIpc) is 2.59. The van der Waals surface area contributed by atoms with E-state index < -0.39 is 9.84 Å². The molecule has 0 spiro atoms. The van der Waals surface area contributed by atoms with Crippen molar-refractivity contribution in [3.8, 4) is 0 Å². The van der Waals surface area contributed by atoms with Crippen molar-refractivity contribution in [3.63, 3.8) is 0 Å². The number of aliphatic imine (C=N–C) groups is 1. The molecule has 0 unspecified atom stereocenters. The summed E-state index contributed by atoms with van der Waals surface area (Å²) in [7, 11) is -1.40. The number of hydrogen-bond donors (Lipinski definition) is 2. The second-order valence-corrected chi connectivity index (χ2v) is 7.96. The Bertz CT molecular complexity index is 834. The molecule has 0 heterocycles. The summed E-state index contributed by atoms with van der Waals surface area (Å²) in [6.45, 7) is 3.52. The minimum absolute atomic E-state index is 0. The molecule has 2 N–H and O–H groups in total. The van der Waals surface area contributed by atoms with Crippen molar-refractivity contribution in [2.45, 2.75) is 24.8 Å². The van der Waals surface area contributed by atoms with E-state index in [1.807, 2.05) is 24.3 Å². The van der Waals surface area contributed by atoms with Gasteiger partial charge in [-0.15, -0.1) is 24.0 Å². The van der Waals surface area contributed by atoms with Gasteiger partial charge in [0.1, 0.15) is 0 Å². The molecular formula is C19H26IN3O2S. The fourth-order valence-corrected chi connectivity index (χ4v) is 3.07. The summed E-state index contributed by atoms with van der Waals surface area (Å²) in [5.41, 5.74) is 3.56. The molecule has 2 aromatic rings. The van der Waals surface area contributed by atoms with Crippen LogP contribution in [-0.2, 0) is 22.8 Å². The van der Waals surface area contributed by atoms with Crippen LogP contribution in [0, 0.1) is 6.92 Å². The van der Waals surface area contributed by atoms with Gasteiger partial charge < -0.3 is 10.6 Å². The van der Waals surface area contributed by atoms with Gasteiger partial charge in [-0.1, -0.05) is 36.4 Å². The van der Waals surface area contributed by atoms with E-state index in [0.29, 0.717) is 11.4 Å². The molecule has 0 atom stereocenters. The molecule has 0 bridgehead atoms. The van der Waals surface area contributed by atoms with Crippen LogP contribution in [0.4, 0.5) is 0 Å². The summed E-state index contributed by atoms with van der Waals surface area (Å²) in [6.07, 6.45) is 2.00. The van der Waals surface area contributed by atoms with Crippen LogP contribution in [0.3, 0.4) is 0 Å². The van der Waals surface area contributed by atoms with Gasteiger partial charge in [0.05, 0.1) is 4.90 Å². The van der Waals surface area contributed by atoms with Crippen LogP contribution in [0.5, 0.6) is 0 Å². The van der Waals surface area contributed by atoms with Crippen molar-refractivity contribution in [2.75, 3.05) is 19.8 Å². The van der Waals surface area contributed by atoms with Crippen molar-refractivity contribution in [3.05, 3.63) is 65.2 Å². The van der Waals surface area contributed by atoms with Crippen LogP contribution in [0.1, 0.15) is 16.7 Å². The second kappa shape index (κ2) is 10.5. The van der Waals surface area contributed by atoms with Crippen LogP contribution in [0.15, 0.2) is 58.4 Å². The van der Waals surface area contributed by atoms with E-state index in [1.54, 1.807) is 19.2 Å². The fraction of sp³-hybridized carbons (Fsp3) is 0.316. The third-order valence-corrected chi connectivity index (χ3v) is 5.12. The molecular weight excluding hydrogens is 461 g/mol. The Hall–Kier alpha value is -1.61. The molecule has 5 nitrogen and oxygen atoms in total. The highest BCUT2D eigenvalue weighted by Gasteiger charge is 2.06. The van der Waals surface area contributed by atoms with Crippen LogP contribution in [0.25, 0.3) is 0 Å². The zero-order valence-corrected chi connectivity index (χ0v) is 18.5. The van der Waals surface area contributed by atoms with Gasteiger partial charge in [0.15, 0.2) is 15.8 Å². The highest BCUT2D eigenvalue weighted by Crippen LogP contribution is 2.10. The standard InChI is InChI=1S/C19H25N3O2S.HI/c1-15-6-4-5-7-17(15)14-22-19(20-2)21-13-12-16-8-10-18(11-9-16)25(3,23)24;/h4-11H,12-14H2,1-3H3,(H2,20,21,22);1H. The van der Waals surface area contributed by atoms with E-state index in [1.165, 1.54) is 17.4 Å². The number of nitrogens with zero attached hydrogens (tertiary/aromatic N) is 1. The number of benzene rings is 2. The van der Waals surface area contributed by atoms with Crippen molar-refractivity contribution in [1.82, 2.24) is 10.6 Å². The normalized spacial score (nSPS) is 11.6. The number of guanidine groups is 1. The number of aryl methyl sites for hydroxylation is 1. The minimum atomic E-state index is -3.14. The predicted molar refractivity (Wildman–Crippen MR) is 118 cm³/mol. The Morgan fingerprint density at radius 1 is 1.04 bits per heavy atom. The van der Waals surface area contributed by atoms with Gasteiger partial charge in [0.2, 0.25) is 0 Å². The molecule has 0 fully saturated rings. The summed E-state index contributed by atoms with van der Waals surface area (Å²) in [6, 6.07) is 15.2. The van der Waals surface area contributed by atoms with Gasteiger partial charge in [-0.2, -0.15) is 0 Å².